The minimum absolute atomic E-state index is 0.169. The summed E-state index contributed by atoms with van der Waals surface area (Å²) in [4.78, 5) is 30.2. The molecule has 1 aliphatic heterocycles. The third kappa shape index (κ3) is 4.69. The number of urea groups is 1. The third-order valence-electron chi connectivity index (χ3n) is 5.27. The lowest BCUT2D eigenvalue weighted by molar-refractivity contribution is 0.0958. The number of carbonyl (C=O) groups excluding carboxylic acids is 2. The van der Waals surface area contributed by atoms with Crippen LogP contribution in [-0.2, 0) is 13.0 Å². The van der Waals surface area contributed by atoms with Crippen LogP contribution in [0.15, 0.2) is 54.7 Å². The van der Waals surface area contributed by atoms with E-state index in [1.807, 2.05) is 25.1 Å². The number of hydrogen-bond acceptors (Lipinski definition) is 4. The summed E-state index contributed by atoms with van der Waals surface area (Å²) < 4.78 is 19.9. The van der Waals surface area contributed by atoms with Crippen molar-refractivity contribution in [2.75, 3.05) is 18.9 Å². The summed E-state index contributed by atoms with van der Waals surface area (Å²) in [6, 6.07) is 13.2. The maximum atomic E-state index is 14.0. The fourth-order valence-corrected chi connectivity index (χ4v) is 3.56. The van der Waals surface area contributed by atoms with E-state index in [9.17, 15) is 14.0 Å². The summed E-state index contributed by atoms with van der Waals surface area (Å²) >= 11 is 0. The number of hydrogen-bond donors (Lipinski definition) is 2. The van der Waals surface area contributed by atoms with Crippen molar-refractivity contribution in [1.82, 2.24) is 15.2 Å². The maximum Gasteiger partial charge on any atom is 0.322 e. The molecule has 32 heavy (non-hydrogen) atoms. The van der Waals surface area contributed by atoms with Crippen molar-refractivity contribution in [2.45, 2.75) is 19.9 Å². The van der Waals surface area contributed by atoms with Crippen LogP contribution in [-0.4, -0.2) is 35.4 Å². The minimum atomic E-state index is -0.467. The second kappa shape index (κ2) is 9.05. The molecule has 0 radical (unpaired) electrons. The first-order valence-corrected chi connectivity index (χ1v) is 10.2. The monoisotopic (exact) mass is 434 g/mol. The van der Waals surface area contributed by atoms with Gasteiger partial charge in [0.25, 0.3) is 5.91 Å². The molecule has 0 bridgehead atoms. The molecule has 0 spiro atoms. The Labute approximate surface area is 185 Å². The molecule has 4 rings (SSSR count). The van der Waals surface area contributed by atoms with Gasteiger partial charge >= 0.3 is 6.03 Å². The van der Waals surface area contributed by atoms with Crippen molar-refractivity contribution in [2.24, 2.45) is 0 Å². The largest absolute Gasteiger partial charge is 0.457 e. The summed E-state index contributed by atoms with van der Waals surface area (Å²) in [6.07, 6.45) is 2.20. The number of nitrogens with one attached hydrogen (secondary N) is 2. The van der Waals surface area contributed by atoms with Gasteiger partial charge in [-0.3, -0.25) is 9.78 Å². The first-order chi connectivity index (χ1) is 15.4. The predicted molar refractivity (Wildman–Crippen MR) is 118 cm³/mol. The van der Waals surface area contributed by atoms with Crippen LogP contribution in [0.4, 0.5) is 14.9 Å². The molecule has 1 aliphatic rings. The van der Waals surface area contributed by atoms with Crippen LogP contribution in [0, 0.1) is 12.7 Å². The van der Waals surface area contributed by atoms with Gasteiger partial charge in [0.2, 0.25) is 0 Å². The molecule has 164 valence electrons. The second-order valence-electron chi connectivity index (χ2n) is 7.57. The van der Waals surface area contributed by atoms with Crippen molar-refractivity contribution >= 4 is 17.6 Å². The molecule has 0 saturated heterocycles. The summed E-state index contributed by atoms with van der Waals surface area (Å²) in [5, 5.41) is 5.19. The summed E-state index contributed by atoms with van der Waals surface area (Å²) in [7, 11) is 1.54. The Hall–Kier alpha value is -3.94. The molecule has 0 fully saturated rings. The van der Waals surface area contributed by atoms with E-state index in [-0.39, 0.29) is 23.3 Å². The number of fused-ring (bicyclic) bond motifs is 1. The van der Waals surface area contributed by atoms with Crippen molar-refractivity contribution in [3.05, 3.63) is 82.9 Å². The van der Waals surface area contributed by atoms with Crippen LogP contribution in [0.3, 0.4) is 0 Å². The fraction of sp³-hybridized carbons (Fsp3) is 0.208. The van der Waals surface area contributed by atoms with E-state index >= 15 is 0 Å². The Morgan fingerprint density at radius 3 is 2.69 bits per heavy atom. The predicted octanol–water partition coefficient (Wildman–Crippen LogP) is 4.27. The van der Waals surface area contributed by atoms with Gasteiger partial charge in [-0.2, -0.15) is 0 Å². The number of aromatic nitrogens is 1. The Kier molecular flexibility index (Phi) is 6.02. The zero-order chi connectivity index (χ0) is 22.7. The van der Waals surface area contributed by atoms with Crippen LogP contribution in [0.5, 0.6) is 11.5 Å². The molecule has 7 nitrogen and oxygen atoms in total. The highest BCUT2D eigenvalue weighted by Crippen LogP contribution is 2.28. The first-order valence-electron chi connectivity index (χ1n) is 10.2. The topological polar surface area (TPSA) is 83.6 Å². The molecule has 8 heteroatoms. The number of rotatable bonds is 4. The van der Waals surface area contributed by atoms with Gasteiger partial charge < -0.3 is 20.3 Å². The molecule has 0 atom stereocenters. The molecule has 3 amide bonds. The first kappa shape index (κ1) is 21.3. The van der Waals surface area contributed by atoms with Gasteiger partial charge in [0.1, 0.15) is 23.0 Å². The molecular formula is C24H23FN4O3. The third-order valence-corrected chi connectivity index (χ3v) is 5.27. The average molecular weight is 434 g/mol. The molecule has 2 heterocycles. The molecule has 2 N–H and O–H groups in total. The van der Waals surface area contributed by atoms with E-state index in [1.165, 1.54) is 19.3 Å². The molecule has 0 aliphatic carbocycles. The Bertz CT molecular complexity index is 1180. The van der Waals surface area contributed by atoms with E-state index in [4.69, 9.17) is 4.74 Å². The number of pyridine rings is 1. The number of halogens is 1. The highest BCUT2D eigenvalue weighted by atomic mass is 19.1. The number of benzene rings is 2. The summed E-state index contributed by atoms with van der Waals surface area (Å²) in [5.74, 6) is 0.307. The van der Waals surface area contributed by atoms with E-state index in [1.54, 1.807) is 29.2 Å². The van der Waals surface area contributed by atoms with Gasteiger partial charge in [-0.1, -0.05) is 12.1 Å². The quantitative estimate of drug-likeness (QED) is 0.642. The van der Waals surface area contributed by atoms with Gasteiger partial charge in [0, 0.05) is 32.4 Å². The number of anilines is 1. The number of ether oxygens (including phenoxy) is 1. The Morgan fingerprint density at radius 1 is 1.06 bits per heavy atom. The van der Waals surface area contributed by atoms with E-state index < -0.39 is 5.82 Å². The Balaban J connectivity index is 1.48. The van der Waals surface area contributed by atoms with Crippen LogP contribution >= 0.6 is 0 Å². The normalized spacial score (nSPS) is 12.7. The number of aryl methyl sites for hydroxylation is 1. The van der Waals surface area contributed by atoms with E-state index in [2.05, 4.69) is 15.6 Å². The highest BCUT2D eigenvalue weighted by molar-refractivity contribution is 5.92. The van der Waals surface area contributed by atoms with Crippen LogP contribution in [0.25, 0.3) is 0 Å². The zero-order valence-corrected chi connectivity index (χ0v) is 17.8. The number of nitrogens with zero attached hydrogens (tertiary/aromatic N) is 2. The van der Waals surface area contributed by atoms with Gasteiger partial charge in [-0.25, -0.2) is 9.18 Å². The smallest absolute Gasteiger partial charge is 0.322 e. The van der Waals surface area contributed by atoms with Crippen molar-refractivity contribution in [3.8, 4) is 11.5 Å². The molecule has 3 aromatic rings. The van der Waals surface area contributed by atoms with Crippen molar-refractivity contribution < 1.29 is 18.7 Å². The molecule has 0 saturated carbocycles. The number of carbonyl (C=O) groups is 2. The van der Waals surface area contributed by atoms with Gasteiger partial charge in [0.15, 0.2) is 0 Å². The zero-order valence-electron chi connectivity index (χ0n) is 17.8. The number of amides is 3. The average Bonchev–Trinajstić information content (AvgIpc) is 2.80. The van der Waals surface area contributed by atoms with Gasteiger partial charge in [-0.15, -0.1) is 0 Å². The highest BCUT2D eigenvalue weighted by Gasteiger charge is 2.22. The lowest BCUT2D eigenvalue weighted by atomic mass is 10.00. The van der Waals surface area contributed by atoms with Crippen LogP contribution in [0.1, 0.15) is 27.2 Å². The van der Waals surface area contributed by atoms with Crippen LogP contribution < -0.4 is 15.4 Å². The SMILES string of the molecule is CNC(=O)c1cc(Oc2ccc3c(c2)CN(C(=O)Nc2cc(C)ccc2F)CC3)ccn1. The van der Waals surface area contributed by atoms with E-state index in [0.29, 0.717) is 31.0 Å². The van der Waals surface area contributed by atoms with Gasteiger partial charge in [-0.05, 0) is 60.4 Å². The minimum Gasteiger partial charge on any atom is -0.457 e. The lowest BCUT2D eigenvalue weighted by Crippen LogP contribution is -2.39. The lowest BCUT2D eigenvalue weighted by Gasteiger charge is -2.29. The van der Waals surface area contributed by atoms with Crippen LogP contribution in [0.2, 0.25) is 0 Å². The van der Waals surface area contributed by atoms with Gasteiger partial charge in [0.05, 0.1) is 5.69 Å². The van der Waals surface area contributed by atoms with E-state index in [0.717, 1.165) is 16.7 Å². The fourth-order valence-electron chi connectivity index (χ4n) is 3.56. The molecule has 0 unspecified atom stereocenters. The summed E-state index contributed by atoms with van der Waals surface area (Å²) in [6.45, 7) is 2.76. The second-order valence-corrected chi connectivity index (χ2v) is 7.57. The maximum absolute atomic E-state index is 14.0. The standard InChI is InChI=1S/C24H23FN4O3/c1-15-3-6-20(25)21(11-15)28-24(31)29-10-8-16-4-5-18(12-17(16)14-29)32-19-7-9-27-22(13-19)23(30)26-2/h3-7,9,11-13H,8,10,14H2,1-2H3,(H,26,30)(H,28,31). The molecule has 2 aromatic carbocycles. The Morgan fingerprint density at radius 2 is 1.88 bits per heavy atom. The molecule has 1 aromatic heterocycles. The molecular weight excluding hydrogens is 411 g/mol. The van der Waals surface area contributed by atoms with Crippen molar-refractivity contribution in [3.63, 3.8) is 0 Å². The summed E-state index contributed by atoms with van der Waals surface area (Å²) in [5.41, 5.74) is 3.37. The van der Waals surface area contributed by atoms with Crippen molar-refractivity contribution in [1.29, 1.82) is 0 Å².